The van der Waals surface area contributed by atoms with Gasteiger partial charge in [0, 0.05) is 0 Å². The Morgan fingerprint density at radius 3 is 2.25 bits per heavy atom. The lowest BCUT2D eigenvalue weighted by molar-refractivity contribution is 0.467. The lowest BCUT2D eigenvalue weighted by Crippen LogP contribution is -2.03. The van der Waals surface area contributed by atoms with E-state index in [9.17, 15) is 17.9 Å². The summed E-state index contributed by atoms with van der Waals surface area (Å²) in [5.74, 6) is -0.397. The summed E-state index contributed by atoms with van der Waals surface area (Å²) >= 11 is 0. The number of rotatable bonds is 4. The van der Waals surface area contributed by atoms with Gasteiger partial charge in [0.25, 0.3) is 0 Å². The summed E-state index contributed by atoms with van der Waals surface area (Å²) in [6.07, 6.45) is 1.40. The molecule has 0 atom stereocenters. The molecule has 0 spiro atoms. The smallest absolute Gasteiger partial charge is 0.206 e. The summed E-state index contributed by atoms with van der Waals surface area (Å²) in [5, 5.41) is 9.69. The molecule has 0 aliphatic rings. The van der Waals surface area contributed by atoms with Gasteiger partial charge in [0.2, 0.25) is 9.84 Å². The van der Waals surface area contributed by atoms with Gasteiger partial charge in [0.05, 0.1) is 9.79 Å². The van der Waals surface area contributed by atoms with Crippen molar-refractivity contribution >= 4 is 9.84 Å². The van der Waals surface area contributed by atoms with Crippen LogP contribution in [-0.2, 0) is 16.3 Å². The summed E-state index contributed by atoms with van der Waals surface area (Å²) in [6, 6.07) is 8.89. The summed E-state index contributed by atoms with van der Waals surface area (Å²) in [7, 11) is -3.69. The largest absolute Gasteiger partial charge is 0.508 e. The third-order valence-electron chi connectivity index (χ3n) is 3.00. The van der Waals surface area contributed by atoms with Gasteiger partial charge in [-0.05, 0) is 54.4 Å². The van der Waals surface area contributed by atoms with Crippen LogP contribution >= 0.6 is 0 Å². The molecule has 2 rings (SSSR count). The van der Waals surface area contributed by atoms with Crippen molar-refractivity contribution in [1.29, 1.82) is 0 Å². The van der Waals surface area contributed by atoms with Crippen LogP contribution < -0.4 is 0 Å². The molecular formula is C15H15FO3S. The maximum atomic E-state index is 12.9. The van der Waals surface area contributed by atoms with E-state index in [2.05, 4.69) is 0 Å². The van der Waals surface area contributed by atoms with Crippen LogP contribution in [0.5, 0.6) is 5.75 Å². The number of sulfone groups is 1. The molecule has 0 fully saturated rings. The number of aryl methyl sites for hydroxylation is 1. The summed E-state index contributed by atoms with van der Waals surface area (Å²) < 4.78 is 37.7. The van der Waals surface area contributed by atoms with Crippen molar-refractivity contribution in [2.45, 2.75) is 29.6 Å². The van der Waals surface area contributed by atoms with E-state index in [1.807, 2.05) is 6.92 Å². The minimum absolute atomic E-state index is 0.0343. The van der Waals surface area contributed by atoms with Crippen LogP contribution in [0.15, 0.2) is 52.3 Å². The first kappa shape index (κ1) is 14.5. The van der Waals surface area contributed by atoms with Gasteiger partial charge < -0.3 is 5.11 Å². The first-order chi connectivity index (χ1) is 9.45. The number of halogens is 1. The van der Waals surface area contributed by atoms with E-state index in [0.29, 0.717) is 12.0 Å². The van der Waals surface area contributed by atoms with E-state index < -0.39 is 15.7 Å². The van der Waals surface area contributed by atoms with Gasteiger partial charge in [-0.2, -0.15) is 0 Å². The Morgan fingerprint density at radius 2 is 1.65 bits per heavy atom. The van der Waals surface area contributed by atoms with E-state index in [0.717, 1.165) is 18.6 Å². The zero-order chi connectivity index (χ0) is 14.8. The highest BCUT2D eigenvalue weighted by atomic mass is 32.2. The second-order valence-corrected chi connectivity index (χ2v) is 6.45. The van der Waals surface area contributed by atoms with Gasteiger partial charge in [-0.3, -0.25) is 0 Å². The molecule has 0 radical (unpaired) electrons. The van der Waals surface area contributed by atoms with E-state index in [4.69, 9.17) is 0 Å². The molecule has 1 N–H and O–H groups in total. The van der Waals surface area contributed by atoms with Crippen LogP contribution in [0.1, 0.15) is 18.9 Å². The lowest BCUT2D eigenvalue weighted by atomic mass is 10.1. The Kier molecular flexibility index (Phi) is 4.09. The van der Waals surface area contributed by atoms with Crippen molar-refractivity contribution < 1.29 is 17.9 Å². The Bertz CT molecular complexity index is 706. The highest BCUT2D eigenvalue weighted by molar-refractivity contribution is 7.91. The van der Waals surface area contributed by atoms with E-state index >= 15 is 0 Å². The van der Waals surface area contributed by atoms with Gasteiger partial charge in [-0.15, -0.1) is 0 Å². The minimum atomic E-state index is -3.69. The highest BCUT2D eigenvalue weighted by Gasteiger charge is 2.18. The SMILES string of the molecule is CCCc1cc(S(=O)(=O)c2ccc(F)cc2)ccc1O. The van der Waals surface area contributed by atoms with Crippen LogP contribution in [0.25, 0.3) is 0 Å². The fraction of sp³-hybridized carbons (Fsp3) is 0.200. The second kappa shape index (κ2) is 5.63. The molecule has 0 saturated heterocycles. The van der Waals surface area contributed by atoms with Crippen molar-refractivity contribution in [2.24, 2.45) is 0 Å². The van der Waals surface area contributed by atoms with Gasteiger partial charge in [-0.1, -0.05) is 13.3 Å². The maximum Gasteiger partial charge on any atom is 0.206 e. The lowest BCUT2D eigenvalue weighted by Gasteiger charge is -2.08. The molecule has 0 aliphatic carbocycles. The zero-order valence-electron chi connectivity index (χ0n) is 11.0. The molecule has 5 heteroatoms. The molecule has 0 aliphatic heterocycles. The quantitative estimate of drug-likeness (QED) is 0.880. The minimum Gasteiger partial charge on any atom is -0.508 e. The van der Waals surface area contributed by atoms with Crippen LogP contribution in [-0.4, -0.2) is 13.5 Å². The van der Waals surface area contributed by atoms with Gasteiger partial charge >= 0.3 is 0 Å². The third kappa shape index (κ3) is 2.82. The normalized spacial score (nSPS) is 11.5. The summed E-state index contributed by atoms with van der Waals surface area (Å²) in [4.78, 5) is 0.136. The fourth-order valence-electron chi connectivity index (χ4n) is 1.95. The number of phenolic OH excluding ortho intramolecular Hbond substituents is 1. The van der Waals surface area contributed by atoms with Crippen LogP contribution in [0.2, 0.25) is 0 Å². The van der Waals surface area contributed by atoms with Gasteiger partial charge in [0.1, 0.15) is 11.6 Å². The monoisotopic (exact) mass is 294 g/mol. The first-order valence-corrected chi connectivity index (χ1v) is 7.76. The molecule has 0 amide bonds. The molecular weight excluding hydrogens is 279 g/mol. The molecule has 3 nitrogen and oxygen atoms in total. The van der Waals surface area contributed by atoms with Gasteiger partial charge in [0.15, 0.2) is 0 Å². The maximum absolute atomic E-state index is 12.9. The fourth-order valence-corrected chi connectivity index (χ4v) is 3.26. The predicted molar refractivity (Wildman–Crippen MR) is 74.0 cm³/mol. The Morgan fingerprint density at radius 1 is 1.05 bits per heavy atom. The van der Waals surface area contributed by atoms with Crippen molar-refractivity contribution in [3.63, 3.8) is 0 Å². The number of hydrogen-bond acceptors (Lipinski definition) is 3. The molecule has 0 unspecified atom stereocenters. The third-order valence-corrected chi connectivity index (χ3v) is 4.77. The second-order valence-electron chi connectivity index (χ2n) is 4.50. The Balaban J connectivity index is 2.49. The number of benzene rings is 2. The molecule has 2 aromatic rings. The number of aromatic hydroxyl groups is 1. The molecule has 0 saturated carbocycles. The standard InChI is InChI=1S/C15H15FO3S/c1-2-3-11-10-14(8-9-15(11)17)20(18,19)13-6-4-12(16)5-7-13/h4-10,17H,2-3H2,1H3. The van der Waals surface area contributed by atoms with Crippen molar-refractivity contribution in [3.8, 4) is 5.75 Å². The molecule has 0 bridgehead atoms. The Hall–Kier alpha value is -1.88. The summed E-state index contributed by atoms with van der Waals surface area (Å²) in [5.41, 5.74) is 0.593. The van der Waals surface area contributed by atoms with Crippen LogP contribution in [0.4, 0.5) is 4.39 Å². The van der Waals surface area contributed by atoms with E-state index in [1.165, 1.54) is 30.3 Å². The van der Waals surface area contributed by atoms with Crippen LogP contribution in [0.3, 0.4) is 0 Å². The number of phenols is 1. The zero-order valence-corrected chi connectivity index (χ0v) is 11.8. The topological polar surface area (TPSA) is 54.4 Å². The Labute approximate surface area is 117 Å². The molecule has 2 aromatic carbocycles. The molecule has 106 valence electrons. The van der Waals surface area contributed by atoms with Crippen LogP contribution in [0, 0.1) is 5.82 Å². The van der Waals surface area contributed by atoms with E-state index in [-0.39, 0.29) is 15.5 Å². The van der Waals surface area contributed by atoms with Crippen molar-refractivity contribution in [2.75, 3.05) is 0 Å². The molecule has 0 aromatic heterocycles. The first-order valence-electron chi connectivity index (χ1n) is 6.27. The van der Waals surface area contributed by atoms with Crippen molar-refractivity contribution in [1.82, 2.24) is 0 Å². The number of hydrogen-bond donors (Lipinski definition) is 1. The van der Waals surface area contributed by atoms with Crippen molar-refractivity contribution in [3.05, 3.63) is 53.8 Å². The molecule has 20 heavy (non-hydrogen) atoms. The highest BCUT2D eigenvalue weighted by Crippen LogP contribution is 2.26. The molecule has 0 heterocycles. The average molecular weight is 294 g/mol. The predicted octanol–water partition coefficient (Wildman–Crippen LogP) is 3.32. The summed E-state index contributed by atoms with van der Waals surface area (Å²) in [6.45, 7) is 1.95. The average Bonchev–Trinajstić information content (AvgIpc) is 2.42. The van der Waals surface area contributed by atoms with Gasteiger partial charge in [-0.25, -0.2) is 12.8 Å². The van der Waals surface area contributed by atoms with E-state index in [1.54, 1.807) is 0 Å².